The van der Waals surface area contributed by atoms with Crippen LogP contribution in [0.1, 0.15) is 51.0 Å². The number of amides is 2. The van der Waals surface area contributed by atoms with Crippen molar-refractivity contribution in [1.82, 2.24) is 15.4 Å². The number of benzene rings is 1. The van der Waals surface area contributed by atoms with Crippen molar-refractivity contribution in [3.63, 3.8) is 0 Å². The molecule has 1 fully saturated rings. The Hall–Kier alpha value is -2.63. The van der Waals surface area contributed by atoms with Crippen molar-refractivity contribution in [3.8, 4) is 11.1 Å². The van der Waals surface area contributed by atoms with Crippen LogP contribution in [0.15, 0.2) is 41.1 Å². The molecule has 2 heterocycles. The molecule has 1 aliphatic rings. The van der Waals surface area contributed by atoms with Gasteiger partial charge in [-0.1, -0.05) is 63.2 Å². The van der Waals surface area contributed by atoms with E-state index in [4.69, 9.17) is 4.52 Å². The van der Waals surface area contributed by atoms with Crippen LogP contribution in [0.4, 0.5) is 0 Å². The number of nitrogens with zero attached hydrogens (tertiary/aromatic N) is 2. The predicted octanol–water partition coefficient (Wildman–Crippen LogP) is 3.74. The van der Waals surface area contributed by atoms with E-state index in [1.807, 2.05) is 30.3 Å². The monoisotopic (exact) mass is 383 g/mol. The molecule has 1 saturated heterocycles. The van der Waals surface area contributed by atoms with E-state index in [2.05, 4.69) is 38.2 Å². The Labute approximate surface area is 166 Å². The quantitative estimate of drug-likeness (QED) is 0.824. The van der Waals surface area contributed by atoms with Crippen molar-refractivity contribution in [1.29, 1.82) is 0 Å². The maximum absolute atomic E-state index is 13.4. The third-order valence-electron chi connectivity index (χ3n) is 5.01. The van der Waals surface area contributed by atoms with Gasteiger partial charge in [0.15, 0.2) is 5.69 Å². The Morgan fingerprint density at radius 2 is 1.86 bits per heavy atom. The zero-order chi connectivity index (χ0) is 20.3. The van der Waals surface area contributed by atoms with E-state index in [1.54, 1.807) is 4.90 Å². The molecular formula is C22H29N3O3. The largest absolute Gasteiger partial charge is 0.363 e. The first kappa shape index (κ1) is 20.1. The summed E-state index contributed by atoms with van der Waals surface area (Å²) in [4.78, 5) is 28.0. The predicted molar refractivity (Wildman–Crippen MR) is 108 cm³/mol. The lowest BCUT2D eigenvalue weighted by molar-refractivity contribution is -0.130. The summed E-state index contributed by atoms with van der Waals surface area (Å²) in [6.07, 6.45) is 2.94. The zero-order valence-corrected chi connectivity index (χ0v) is 17.0. The first-order chi connectivity index (χ1) is 13.4. The number of carbonyl (C=O) groups excluding carboxylic acids is 2. The molecule has 6 nitrogen and oxygen atoms in total. The van der Waals surface area contributed by atoms with Crippen molar-refractivity contribution < 1.29 is 14.1 Å². The molecule has 0 bridgehead atoms. The highest BCUT2D eigenvalue weighted by atomic mass is 16.5. The van der Waals surface area contributed by atoms with Crippen molar-refractivity contribution in [2.24, 2.45) is 11.8 Å². The number of rotatable bonds is 6. The van der Waals surface area contributed by atoms with E-state index in [1.165, 1.54) is 6.26 Å². The third-order valence-corrected chi connectivity index (χ3v) is 5.01. The summed E-state index contributed by atoms with van der Waals surface area (Å²) >= 11 is 0. The maximum Gasteiger partial charge on any atom is 0.277 e. The van der Waals surface area contributed by atoms with E-state index in [-0.39, 0.29) is 23.6 Å². The van der Waals surface area contributed by atoms with E-state index in [0.29, 0.717) is 30.4 Å². The summed E-state index contributed by atoms with van der Waals surface area (Å²) in [7, 11) is 0. The smallest absolute Gasteiger partial charge is 0.277 e. The molecule has 0 aliphatic carbocycles. The lowest BCUT2D eigenvalue weighted by Gasteiger charge is -2.40. The van der Waals surface area contributed by atoms with Crippen LogP contribution in [0, 0.1) is 11.8 Å². The molecule has 150 valence electrons. The second-order valence-electron chi connectivity index (χ2n) is 8.38. The van der Waals surface area contributed by atoms with Gasteiger partial charge < -0.3 is 14.7 Å². The highest BCUT2D eigenvalue weighted by molar-refractivity contribution is 6.01. The summed E-state index contributed by atoms with van der Waals surface area (Å²) in [6.45, 7) is 8.83. The van der Waals surface area contributed by atoms with Crippen LogP contribution in [-0.4, -0.2) is 40.5 Å². The number of nitrogens with one attached hydrogen (secondary N) is 1. The Kier molecular flexibility index (Phi) is 6.17. The lowest BCUT2D eigenvalue weighted by Crippen LogP contribution is -2.62. The molecule has 6 heteroatoms. The molecule has 2 aromatic rings. The summed E-state index contributed by atoms with van der Waals surface area (Å²) in [5, 5.41) is 7.10. The lowest BCUT2D eigenvalue weighted by atomic mass is 9.94. The third kappa shape index (κ3) is 4.43. The van der Waals surface area contributed by atoms with Crippen LogP contribution in [0.25, 0.3) is 11.1 Å². The van der Waals surface area contributed by atoms with Crippen LogP contribution in [0.3, 0.4) is 0 Å². The minimum absolute atomic E-state index is 0.0491. The fourth-order valence-corrected chi connectivity index (χ4v) is 3.81. The molecule has 0 unspecified atom stereocenters. The van der Waals surface area contributed by atoms with E-state index < -0.39 is 6.04 Å². The van der Waals surface area contributed by atoms with Crippen LogP contribution >= 0.6 is 0 Å². The Morgan fingerprint density at radius 1 is 1.18 bits per heavy atom. The van der Waals surface area contributed by atoms with Gasteiger partial charge >= 0.3 is 0 Å². The van der Waals surface area contributed by atoms with Crippen molar-refractivity contribution >= 4 is 11.8 Å². The summed E-state index contributed by atoms with van der Waals surface area (Å²) in [6, 6.07) is 9.03. The van der Waals surface area contributed by atoms with Crippen LogP contribution in [-0.2, 0) is 4.79 Å². The fraction of sp³-hybridized carbons (Fsp3) is 0.500. The van der Waals surface area contributed by atoms with Crippen molar-refractivity contribution in [2.75, 3.05) is 6.54 Å². The van der Waals surface area contributed by atoms with Gasteiger partial charge in [-0.25, -0.2) is 0 Å². The molecule has 0 saturated carbocycles. The van der Waals surface area contributed by atoms with Gasteiger partial charge in [0.25, 0.3) is 5.91 Å². The van der Waals surface area contributed by atoms with Crippen molar-refractivity contribution in [3.05, 3.63) is 42.3 Å². The van der Waals surface area contributed by atoms with E-state index in [9.17, 15) is 9.59 Å². The zero-order valence-electron chi connectivity index (χ0n) is 17.0. The molecule has 1 aliphatic heterocycles. The minimum atomic E-state index is -0.490. The Bertz CT molecular complexity index is 813. The van der Waals surface area contributed by atoms with Crippen LogP contribution in [0.5, 0.6) is 0 Å². The maximum atomic E-state index is 13.4. The summed E-state index contributed by atoms with van der Waals surface area (Å²) in [5.74, 6) is 0.389. The molecule has 28 heavy (non-hydrogen) atoms. The Balaban J connectivity index is 1.92. The normalized spacial score (nSPS) is 19.9. The van der Waals surface area contributed by atoms with Crippen molar-refractivity contribution in [2.45, 2.75) is 52.6 Å². The molecule has 1 N–H and O–H groups in total. The molecule has 2 amide bonds. The molecule has 1 aromatic heterocycles. The van der Waals surface area contributed by atoms with Crippen LogP contribution < -0.4 is 5.32 Å². The standard InChI is InChI=1S/C22H29N3O3/c1-14(2)10-17-12-25(19(11-15(3)4)21(26)23-17)22(27)20-18(13-28-24-20)16-8-6-5-7-9-16/h5-9,13-15,17,19H,10-12H2,1-4H3,(H,23,26)/t17-,19-/m0/s1. The average molecular weight is 383 g/mol. The van der Waals surface area contributed by atoms with E-state index in [0.717, 1.165) is 12.0 Å². The second kappa shape index (κ2) is 8.59. The highest BCUT2D eigenvalue weighted by Crippen LogP contribution is 2.27. The van der Waals surface area contributed by atoms with Gasteiger partial charge in [-0.05, 0) is 30.2 Å². The topological polar surface area (TPSA) is 75.4 Å². The van der Waals surface area contributed by atoms with Gasteiger partial charge in [-0.15, -0.1) is 0 Å². The SMILES string of the molecule is CC(C)C[C@H]1CN(C(=O)c2nocc2-c2ccccc2)[C@@H](CC(C)C)C(=O)N1. The molecule has 3 rings (SSSR count). The van der Waals surface area contributed by atoms with Gasteiger partial charge in [-0.2, -0.15) is 0 Å². The molecular weight excluding hydrogens is 354 g/mol. The van der Waals surface area contributed by atoms with Gasteiger partial charge in [0, 0.05) is 12.6 Å². The fourth-order valence-electron chi connectivity index (χ4n) is 3.81. The minimum Gasteiger partial charge on any atom is -0.363 e. The number of carbonyl (C=O) groups is 2. The Morgan fingerprint density at radius 3 is 2.50 bits per heavy atom. The summed E-state index contributed by atoms with van der Waals surface area (Å²) in [5.41, 5.74) is 1.78. The van der Waals surface area contributed by atoms with Gasteiger partial charge in [0.2, 0.25) is 5.91 Å². The molecule has 2 atom stereocenters. The molecule has 0 spiro atoms. The number of piperazine rings is 1. The van der Waals surface area contributed by atoms with Crippen LogP contribution in [0.2, 0.25) is 0 Å². The van der Waals surface area contributed by atoms with Gasteiger partial charge in [0.1, 0.15) is 12.3 Å². The van der Waals surface area contributed by atoms with E-state index >= 15 is 0 Å². The number of hydrogen-bond acceptors (Lipinski definition) is 4. The second-order valence-corrected chi connectivity index (χ2v) is 8.38. The number of aromatic nitrogens is 1. The molecule has 0 radical (unpaired) electrons. The first-order valence-electron chi connectivity index (χ1n) is 9.98. The van der Waals surface area contributed by atoms with Gasteiger partial charge in [0.05, 0.1) is 5.56 Å². The molecule has 1 aromatic carbocycles. The first-order valence-corrected chi connectivity index (χ1v) is 9.98. The highest BCUT2D eigenvalue weighted by Gasteiger charge is 2.39. The number of hydrogen-bond donors (Lipinski definition) is 1. The van der Waals surface area contributed by atoms with Gasteiger partial charge in [-0.3, -0.25) is 9.59 Å². The average Bonchev–Trinajstić information content (AvgIpc) is 3.13. The summed E-state index contributed by atoms with van der Waals surface area (Å²) < 4.78 is 5.15.